The quantitative estimate of drug-likeness (QED) is 0.863. The van der Waals surface area contributed by atoms with Crippen LogP contribution in [0.15, 0.2) is 47.5 Å². The Hall–Kier alpha value is -1.13. The van der Waals surface area contributed by atoms with Gasteiger partial charge in [0.15, 0.2) is 0 Å². The van der Waals surface area contributed by atoms with Gasteiger partial charge in [0.1, 0.15) is 0 Å². The highest BCUT2D eigenvalue weighted by Crippen LogP contribution is 2.32. The van der Waals surface area contributed by atoms with Gasteiger partial charge in [0.05, 0.1) is 6.33 Å². The number of nitrogens with zero attached hydrogens (tertiary/aromatic N) is 2. The van der Waals surface area contributed by atoms with Gasteiger partial charge in [0.2, 0.25) is 0 Å². The number of nitrogens with one attached hydrogen (secondary N) is 1. The van der Waals surface area contributed by atoms with Gasteiger partial charge in [0.25, 0.3) is 0 Å². The maximum atomic E-state index is 4.20. The van der Waals surface area contributed by atoms with Crippen LogP contribution in [0.3, 0.4) is 0 Å². The lowest BCUT2D eigenvalue weighted by Crippen LogP contribution is -2.36. The van der Waals surface area contributed by atoms with E-state index in [1.807, 2.05) is 12.5 Å². The Bertz CT molecular complexity index is 567. The molecule has 0 radical (unpaired) electrons. The van der Waals surface area contributed by atoms with Crippen molar-refractivity contribution in [2.45, 2.75) is 50.7 Å². The summed E-state index contributed by atoms with van der Waals surface area (Å²) in [6.07, 6.45) is 10.8. The summed E-state index contributed by atoms with van der Waals surface area (Å²) in [5.74, 6) is 0. The molecule has 2 aromatic rings. The molecule has 1 N–H and O–H groups in total. The molecular formula is C17H22BrN3. The van der Waals surface area contributed by atoms with Gasteiger partial charge in [-0.1, -0.05) is 35.0 Å². The summed E-state index contributed by atoms with van der Waals surface area (Å²) in [6, 6.07) is 10.1. The van der Waals surface area contributed by atoms with Gasteiger partial charge in [-0.25, -0.2) is 4.98 Å². The van der Waals surface area contributed by atoms with Crippen molar-refractivity contribution in [1.29, 1.82) is 0 Å². The molecule has 1 fully saturated rings. The molecule has 3 nitrogen and oxygen atoms in total. The molecule has 4 heteroatoms. The minimum absolute atomic E-state index is 0.414. The second-order valence-corrected chi connectivity index (χ2v) is 6.71. The highest BCUT2D eigenvalue weighted by atomic mass is 79.9. The third-order valence-electron chi connectivity index (χ3n) is 4.46. The Morgan fingerprint density at radius 2 is 2.33 bits per heavy atom. The van der Waals surface area contributed by atoms with E-state index in [-0.39, 0.29) is 0 Å². The summed E-state index contributed by atoms with van der Waals surface area (Å²) in [6.45, 7) is 2.25. The lowest BCUT2D eigenvalue weighted by atomic mass is 10.0. The van der Waals surface area contributed by atoms with Crippen LogP contribution >= 0.6 is 15.9 Å². The van der Waals surface area contributed by atoms with Crippen LogP contribution in [-0.2, 0) is 0 Å². The van der Waals surface area contributed by atoms with Crippen LogP contribution in [0.1, 0.15) is 50.3 Å². The first kappa shape index (κ1) is 14.8. The molecule has 0 bridgehead atoms. The fourth-order valence-corrected chi connectivity index (χ4v) is 3.81. The Labute approximate surface area is 134 Å². The average Bonchev–Trinajstić information content (AvgIpc) is 3.15. The molecule has 21 heavy (non-hydrogen) atoms. The van der Waals surface area contributed by atoms with Crippen LogP contribution < -0.4 is 5.32 Å². The molecule has 0 saturated heterocycles. The maximum Gasteiger partial charge on any atom is 0.0949 e. The molecule has 0 spiro atoms. The summed E-state index contributed by atoms with van der Waals surface area (Å²) in [5, 5.41) is 3.88. The van der Waals surface area contributed by atoms with Crippen molar-refractivity contribution in [3.8, 4) is 0 Å². The summed E-state index contributed by atoms with van der Waals surface area (Å²) >= 11 is 3.58. The van der Waals surface area contributed by atoms with Crippen LogP contribution in [-0.4, -0.2) is 15.6 Å². The van der Waals surface area contributed by atoms with Gasteiger partial charge in [0, 0.05) is 35.0 Å². The highest BCUT2D eigenvalue weighted by molar-refractivity contribution is 9.10. The third kappa shape index (κ3) is 3.38. The van der Waals surface area contributed by atoms with Gasteiger partial charge < -0.3 is 9.88 Å². The van der Waals surface area contributed by atoms with Crippen LogP contribution in [0.2, 0.25) is 0 Å². The normalized spacial score (nSPS) is 23.3. The molecule has 0 amide bonds. The van der Waals surface area contributed by atoms with E-state index in [0.717, 1.165) is 10.9 Å². The summed E-state index contributed by atoms with van der Waals surface area (Å²) in [5.41, 5.74) is 1.36. The Balaban J connectivity index is 1.74. The zero-order valence-corrected chi connectivity index (χ0v) is 14.0. The van der Waals surface area contributed by atoms with Crippen molar-refractivity contribution in [3.05, 3.63) is 53.0 Å². The lowest BCUT2D eigenvalue weighted by Gasteiger charge is -2.27. The lowest BCUT2D eigenvalue weighted by molar-refractivity contribution is 0.348. The standard InChI is InChI=1S/C17H22BrN3/c1-2-15(13-5-3-6-14(18)11-13)20-16-7-4-8-17(16)21-10-9-19-12-21/h3,5-6,9-12,15-17,20H,2,4,7-8H2,1H3. The second-order valence-electron chi connectivity index (χ2n) is 5.80. The summed E-state index contributed by atoms with van der Waals surface area (Å²) in [7, 11) is 0. The van der Waals surface area contributed by atoms with Crippen LogP contribution in [0.5, 0.6) is 0 Å². The van der Waals surface area contributed by atoms with E-state index in [1.165, 1.54) is 24.8 Å². The Morgan fingerprint density at radius 3 is 3.05 bits per heavy atom. The number of hydrogen-bond acceptors (Lipinski definition) is 2. The van der Waals surface area contributed by atoms with Crippen molar-refractivity contribution in [2.75, 3.05) is 0 Å². The first-order valence-corrected chi connectivity index (χ1v) is 8.56. The SMILES string of the molecule is CCC(NC1CCCC1n1ccnc1)c1cccc(Br)c1. The summed E-state index contributed by atoms with van der Waals surface area (Å²) < 4.78 is 3.41. The molecule has 3 rings (SSSR count). The zero-order chi connectivity index (χ0) is 14.7. The Morgan fingerprint density at radius 1 is 1.43 bits per heavy atom. The smallest absolute Gasteiger partial charge is 0.0949 e. The molecule has 1 heterocycles. The number of rotatable bonds is 5. The fraction of sp³-hybridized carbons (Fsp3) is 0.471. The van der Waals surface area contributed by atoms with Gasteiger partial charge >= 0.3 is 0 Å². The van der Waals surface area contributed by atoms with Crippen LogP contribution in [0, 0.1) is 0 Å². The van der Waals surface area contributed by atoms with Crippen molar-refractivity contribution in [3.63, 3.8) is 0 Å². The van der Waals surface area contributed by atoms with E-state index in [1.54, 1.807) is 0 Å². The third-order valence-corrected chi connectivity index (χ3v) is 4.96. The summed E-state index contributed by atoms with van der Waals surface area (Å²) in [4.78, 5) is 4.20. The number of aromatic nitrogens is 2. The molecular weight excluding hydrogens is 326 g/mol. The fourth-order valence-electron chi connectivity index (χ4n) is 3.39. The molecule has 0 aliphatic heterocycles. The van der Waals surface area contributed by atoms with Crippen molar-refractivity contribution in [1.82, 2.24) is 14.9 Å². The number of halogens is 1. The topological polar surface area (TPSA) is 29.9 Å². The number of hydrogen-bond donors (Lipinski definition) is 1. The van der Waals surface area contributed by atoms with E-state index < -0.39 is 0 Å². The number of benzene rings is 1. The van der Waals surface area contributed by atoms with Gasteiger partial charge in [-0.2, -0.15) is 0 Å². The first-order valence-electron chi connectivity index (χ1n) is 7.77. The van der Waals surface area contributed by atoms with E-state index >= 15 is 0 Å². The molecule has 1 aromatic carbocycles. The molecule has 3 atom stereocenters. The molecule has 3 unspecified atom stereocenters. The largest absolute Gasteiger partial charge is 0.333 e. The zero-order valence-electron chi connectivity index (χ0n) is 12.4. The monoisotopic (exact) mass is 347 g/mol. The van der Waals surface area contributed by atoms with Crippen LogP contribution in [0.4, 0.5) is 0 Å². The molecule has 1 saturated carbocycles. The molecule has 1 aliphatic carbocycles. The van der Waals surface area contributed by atoms with E-state index in [0.29, 0.717) is 18.1 Å². The van der Waals surface area contributed by atoms with E-state index in [2.05, 4.69) is 68.2 Å². The molecule has 112 valence electrons. The predicted octanol–water partition coefficient (Wildman–Crippen LogP) is 4.48. The molecule has 1 aliphatic rings. The van der Waals surface area contributed by atoms with E-state index in [4.69, 9.17) is 0 Å². The maximum absolute atomic E-state index is 4.20. The van der Waals surface area contributed by atoms with Crippen LogP contribution in [0.25, 0.3) is 0 Å². The van der Waals surface area contributed by atoms with Gasteiger partial charge in [-0.3, -0.25) is 0 Å². The first-order chi connectivity index (χ1) is 10.3. The van der Waals surface area contributed by atoms with Crippen molar-refractivity contribution in [2.24, 2.45) is 0 Å². The average molecular weight is 348 g/mol. The van der Waals surface area contributed by atoms with Gasteiger partial charge in [-0.15, -0.1) is 0 Å². The van der Waals surface area contributed by atoms with Crippen molar-refractivity contribution < 1.29 is 0 Å². The minimum Gasteiger partial charge on any atom is -0.333 e. The Kier molecular flexibility index (Phi) is 4.76. The van der Waals surface area contributed by atoms with Crippen molar-refractivity contribution >= 4 is 15.9 Å². The minimum atomic E-state index is 0.414. The van der Waals surface area contributed by atoms with Gasteiger partial charge in [-0.05, 0) is 43.4 Å². The highest BCUT2D eigenvalue weighted by Gasteiger charge is 2.30. The number of imidazole rings is 1. The second kappa shape index (κ2) is 6.75. The molecule has 1 aromatic heterocycles. The van der Waals surface area contributed by atoms with E-state index in [9.17, 15) is 0 Å². The predicted molar refractivity (Wildman–Crippen MR) is 89.2 cm³/mol.